The summed E-state index contributed by atoms with van der Waals surface area (Å²) in [4.78, 5) is 15.1. The number of nitrogens with zero attached hydrogens (tertiary/aromatic N) is 1. The fourth-order valence-corrected chi connectivity index (χ4v) is 5.44. The Kier molecular flexibility index (Phi) is 6.36. The first kappa shape index (κ1) is 25.4. The molecule has 37 heavy (non-hydrogen) atoms. The molecule has 5 unspecified atom stereocenters. The third kappa shape index (κ3) is 4.88. The van der Waals surface area contributed by atoms with Crippen LogP contribution >= 0.6 is 0 Å². The molecule has 4 N–H and O–H groups in total. The topological polar surface area (TPSA) is 118 Å². The van der Waals surface area contributed by atoms with Crippen LogP contribution in [0.4, 0.5) is 17.1 Å². The van der Waals surface area contributed by atoms with E-state index in [1.165, 1.54) is 23.1 Å². The number of hydrogen-bond donors (Lipinski definition) is 4. The number of carbonyl (C=O) groups is 1. The minimum Gasteiger partial charge on any atom is -0.508 e. The molecule has 0 radical (unpaired) electrons. The summed E-state index contributed by atoms with van der Waals surface area (Å²) in [6, 6.07) is 7.32. The van der Waals surface area contributed by atoms with Gasteiger partial charge in [-0.2, -0.15) is 0 Å². The molecule has 1 amide bonds. The molecule has 0 aliphatic carbocycles. The predicted molar refractivity (Wildman–Crippen MR) is 142 cm³/mol. The normalized spacial score (nSPS) is 28.5. The zero-order valence-electron chi connectivity index (χ0n) is 21.7. The Labute approximate surface area is 217 Å². The second kappa shape index (κ2) is 9.26. The van der Waals surface area contributed by atoms with Crippen LogP contribution in [0.1, 0.15) is 63.2 Å². The highest BCUT2D eigenvalue weighted by molar-refractivity contribution is 6.15. The number of amides is 1. The van der Waals surface area contributed by atoms with Crippen molar-refractivity contribution in [2.75, 3.05) is 16.8 Å². The molecule has 8 nitrogen and oxygen atoms in total. The lowest BCUT2D eigenvalue weighted by molar-refractivity contribution is 0.0986. The van der Waals surface area contributed by atoms with Crippen molar-refractivity contribution in [3.05, 3.63) is 48.6 Å². The molecule has 0 bridgehead atoms. The van der Waals surface area contributed by atoms with Gasteiger partial charge in [-0.1, -0.05) is 19.1 Å². The minimum atomic E-state index is -0.398. The first-order chi connectivity index (χ1) is 17.5. The van der Waals surface area contributed by atoms with Gasteiger partial charge in [0.1, 0.15) is 29.0 Å². The van der Waals surface area contributed by atoms with Crippen LogP contribution in [0, 0.1) is 5.92 Å². The van der Waals surface area contributed by atoms with E-state index in [0.29, 0.717) is 11.6 Å². The molecule has 198 valence electrons. The summed E-state index contributed by atoms with van der Waals surface area (Å²) in [5.74, 6) is -0.340. The monoisotopic (exact) mass is 508 g/mol. The summed E-state index contributed by atoms with van der Waals surface area (Å²) < 4.78 is 12.2. The number of aromatic hydroxyl groups is 3. The number of phenolic OH excluding ortho intramolecular Hbond substituents is 3. The molecule has 3 aliphatic rings. The van der Waals surface area contributed by atoms with Crippen LogP contribution in [0.25, 0.3) is 0 Å². The van der Waals surface area contributed by atoms with Crippen LogP contribution in [0.3, 0.4) is 0 Å². The minimum absolute atomic E-state index is 0.0756. The van der Waals surface area contributed by atoms with Crippen molar-refractivity contribution < 1.29 is 29.6 Å². The van der Waals surface area contributed by atoms with Gasteiger partial charge in [-0.05, 0) is 64.0 Å². The fourth-order valence-electron chi connectivity index (χ4n) is 5.44. The number of epoxide rings is 2. The Morgan fingerprint density at radius 2 is 1.81 bits per heavy atom. The highest BCUT2D eigenvalue weighted by Crippen LogP contribution is 2.50. The van der Waals surface area contributed by atoms with E-state index < -0.39 is 5.60 Å². The van der Waals surface area contributed by atoms with Gasteiger partial charge in [0.05, 0.1) is 40.8 Å². The Hall–Kier alpha value is -3.23. The van der Waals surface area contributed by atoms with Crippen LogP contribution in [0.2, 0.25) is 0 Å². The van der Waals surface area contributed by atoms with E-state index in [4.69, 9.17) is 9.47 Å². The Morgan fingerprint density at radius 1 is 1.08 bits per heavy atom. The van der Waals surface area contributed by atoms with Crippen molar-refractivity contribution in [3.8, 4) is 17.2 Å². The number of carbonyl (C=O) groups excluding carboxylic acids is 1. The number of para-hydroxylation sites is 1. The zero-order valence-corrected chi connectivity index (χ0v) is 21.7. The number of hydrogen-bond acceptors (Lipinski definition) is 7. The van der Waals surface area contributed by atoms with Crippen molar-refractivity contribution in [3.63, 3.8) is 0 Å². The van der Waals surface area contributed by atoms with Gasteiger partial charge in [0.15, 0.2) is 0 Å². The molecule has 2 fully saturated rings. The van der Waals surface area contributed by atoms with Crippen molar-refractivity contribution in [1.29, 1.82) is 0 Å². The summed E-state index contributed by atoms with van der Waals surface area (Å²) in [6.45, 7) is 10.5. The molecular weight excluding hydrogens is 472 g/mol. The van der Waals surface area contributed by atoms with Gasteiger partial charge in [0.2, 0.25) is 0 Å². The van der Waals surface area contributed by atoms with Crippen molar-refractivity contribution >= 4 is 23.0 Å². The summed E-state index contributed by atoms with van der Waals surface area (Å²) in [7, 11) is 0. The fraction of sp³-hybridized carbons (Fsp3) is 0.483. The average Bonchev–Trinajstić information content (AvgIpc) is 3.72. The van der Waals surface area contributed by atoms with E-state index in [1.54, 1.807) is 12.1 Å². The Balaban J connectivity index is 1.27. The third-order valence-electron chi connectivity index (χ3n) is 8.20. The van der Waals surface area contributed by atoms with E-state index >= 15 is 0 Å². The molecule has 8 heteroatoms. The van der Waals surface area contributed by atoms with E-state index in [-0.39, 0.29) is 64.4 Å². The van der Waals surface area contributed by atoms with E-state index in [0.717, 1.165) is 32.1 Å². The molecule has 2 saturated heterocycles. The zero-order chi connectivity index (χ0) is 26.5. The Morgan fingerprint density at radius 3 is 2.57 bits per heavy atom. The second-order valence-electron chi connectivity index (χ2n) is 11.1. The van der Waals surface area contributed by atoms with Gasteiger partial charge in [-0.3, -0.25) is 4.79 Å². The second-order valence-corrected chi connectivity index (χ2v) is 11.1. The molecule has 2 aromatic rings. The molecule has 3 heterocycles. The maximum absolute atomic E-state index is 13.6. The summed E-state index contributed by atoms with van der Waals surface area (Å²) in [5.41, 5.74) is 0.567. The van der Waals surface area contributed by atoms with E-state index in [1.807, 2.05) is 13.0 Å². The summed E-state index contributed by atoms with van der Waals surface area (Å²) in [6.07, 6.45) is 6.92. The number of benzene rings is 2. The SMILES string of the molecule is C=CC(C)CCCC1(C)OC1CCC1(C)OC1CN1C(=O)c2cccc(O)c2Nc2c(O)cc(O)cc21. The van der Waals surface area contributed by atoms with Crippen LogP contribution in [-0.2, 0) is 9.47 Å². The number of ether oxygens (including phenoxy) is 2. The van der Waals surface area contributed by atoms with Gasteiger partial charge in [0, 0.05) is 12.1 Å². The number of nitrogens with one attached hydrogen (secondary N) is 1. The van der Waals surface area contributed by atoms with E-state index in [9.17, 15) is 20.1 Å². The number of phenols is 3. The summed E-state index contributed by atoms with van der Waals surface area (Å²) >= 11 is 0. The van der Waals surface area contributed by atoms with Gasteiger partial charge < -0.3 is 35.0 Å². The number of fused-ring (bicyclic) bond motifs is 2. The predicted octanol–water partition coefficient (Wildman–Crippen LogP) is 5.59. The van der Waals surface area contributed by atoms with Gasteiger partial charge >= 0.3 is 0 Å². The smallest absolute Gasteiger partial charge is 0.260 e. The molecule has 0 spiro atoms. The molecule has 5 atom stereocenters. The largest absolute Gasteiger partial charge is 0.508 e. The van der Waals surface area contributed by atoms with Crippen LogP contribution in [0.5, 0.6) is 17.2 Å². The first-order valence-electron chi connectivity index (χ1n) is 13.0. The lowest BCUT2D eigenvalue weighted by Gasteiger charge is -2.23. The van der Waals surface area contributed by atoms with Gasteiger partial charge in [0.25, 0.3) is 5.91 Å². The highest BCUT2D eigenvalue weighted by atomic mass is 16.6. The van der Waals surface area contributed by atoms with E-state index in [2.05, 4.69) is 25.7 Å². The number of allylic oxidation sites excluding steroid dienone is 1. The number of anilines is 3. The third-order valence-corrected chi connectivity index (χ3v) is 8.20. The van der Waals surface area contributed by atoms with Crippen LogP contribution in [0.15, 0.2) is 43.0 Å². The van der Waals surface area contributed by atoms with Gasteiger partial charge in [-0.15, -0.1) is 6.58 Å². The van der Waals surface area contributed by atoms with Gasteiger partial charge in [-0.25, -0.2) is 0 Å². The average molecular weight is 509 g/mol. The van der Waals surface area contributed by atoms with Crippen LogP contribution < -0.4 is 10.2 Å². The molecule has 3 aliphatic heterocycles. The molecular formula is C29H36N2O6. The van der Waals surface area contributed by atoms with Crippen molar-refractivity contribution in [2.45, 2.75) is 76.3 Å². The maximum atomic E-state index is 13.6. The Bertz CT molecular complexity index is 1230. The quantitative estimate of drug-likeness (QED) is 0.143. The number of rotatable bonds is 10. The van der Waals surface area contributed by atoms with Crippen molar-refractivity contribution in [2.24, 2.45) is 5.92 Å². The molecule has 5 rings (SSSR count). The standard InChI is InChI=1S/C29H36N2O6/c1-5-17(2)8-7-12-28(3)23(36-28)11-13-29(4)24(37-29)16-31-20-14-18(32)15-22(34)26(20)30-25-19(27(31)35)9-6-10-21(25)33/h5-6,9-10,14-15,17,23-24,30,32-34H,1,7-8,11-13,16H2,2-4H3. The first-order valence-corrected chi connectivity index (χ1v) is 13.0. The van der Waals surface area contributed by atoms with Crippen LogP contribution in [-0.4, -0.2) is 51.2 Å². The molecule has 0 aromatic heterocycles. The van der Waals surface area contributed by atoms with Crippen molar-refractivity contribution in [1.82, 2.24) is 0 Å². The highest BCUT2D eigenvalue weighted by Gasteiger charge is 2.57. The molecule has 2 aromatic carbocycles. The lowest BCUT2D eigenvalue weighted by Crippen LogP contribution is -2.35. The lowest BCUT2D eigenvalue weighted by atomic mass is 9.92. The maximum Gasteiger partial charge on any atom is 0.260 e. The summed E-state index contributed by atoms with van der Waals surface area (Å²) in [5, 5.41) is 34.1. The molecule has 0 saturated carbocycles.